The van der Waals surface area contributed by atoms with E-state index in [1.807, 2.05) is 0 Å². The Kier molecular flexibility index (Phi) is 9.64. The number of carbonyl (C=O) groups excluding carboxylic acids is 1. The molecule has 0 aliphatic heterocycles. The number of amides is 1. The van der Waals surface area contributed by atoms with Gasteiger partial charge in [-0.05, 0) is 6.42 Å². The van der Waals surface area contributed by atoms with Gasteiger partial charge in [0.1, 0.15) is 0 Å². The second-order valence-corrected chi connectivity index (χ2v) is 3.20. The molecular formula is C10H19NO5. The molecule has 0 aromatic heterocycles. The summed E-state index contributed by atoms with van der Waals surface area (Å²) in [5, 5.41) is 10.9. The van der Waals surface area contributed by atoms with Crippen LogP contribution in [0.25, 0.3) is 0 Å². The first-order chi connectivity index (χ1) is 7.66. The predicted octanol–water partition coefficient (Wildman–Crippen LogP) is 0.0205. The fourth-order valence-electron chi connectivity index (χ4n) is 0.979. The molecule has 0 aromatic rings. The van der Waals surface area contributed by atoms with Gasteiger partial charge in [0.25, 0.3) is 0 Å². The van der Waals surface area contributed by atoms with Crippen molar-refractivity contribution < 1.29 is 24.2 Å². The molecule has 0 saturated carbocycles. The molecule has 1 amide bonds. The van der Waals surface area contributed by atoms with Crippen LogP contribution in [0, 0.1) is 0 Å². The lowest BCUT2D eigenvalue weighted by molar-refractivity contribution is -0.138. The number of rotatable bonds is 10. The zero-order valence-electron chi connectivity index (χ0n) is 9.53. The van der Waals surface area contributed by atoms with E-state index < -0.39 is 5.97 Å². The Morgan fingerprint density at radius 2 is 1.94 bits per heavy atom. The van der Waals surface area contributed by atoms with Crippen LogP contribution in [0.4, 0.5) is 0 Å². The van der Waals surface area contributed by atoms with Crippen LogP contribution in [0.2, 0.25) is 0 Å². The van der Waals surface area contributed by atoms with Crippen LogP contribution in [0.3, 0.4) is 0 Å². The van der Waals surface area contributed by atoms with Gasteiger partial charge >= 0.3 is 5.97 Å². The SMILES string of the molecule is COCCCOCCNC(=O)CCC(=O)O. The van der Waals surface area contributed by atoms with Gasteiger partial charge in [0.15, 0.2) is 0 Å². The third-order valence-electron chi connectivity index (χ3n) is 1.77. The van der Waals surface area contributed by atoms with E-state index in [4.69, 9.17) is 14.6 Å². The molecule has 0 unspecified atom stereocenters. The number of ether oxygens (including phenoxy) is 2. The molecule has 0 saturated heterocycles. The Hall–Kier alpha value is -1.14. The van der Waals surface area contributed by atoms with Crippen LogP contribution in [-0.4, -0.2) is 50.5 Å². The number of carboxylic acids is 1. The third kappa shape index (κ3) is 10.9. The number of methoxy groups -OCH3 is 1. The zero-order valence-corrected chi connectivity index (χ0v) is 9.53. The highest BCUT2D eigenvalue weighted by Crippen LogP contribution is 1.88. The summed E-state index contributed by atoms with van der Waals surface area (Å²) >= 11 is 0. The van der Waals surface area contributed by atoms with Crippen molar-refractivity contribution in [2.45, 2.75) is 19.3 Å². The lowest BCUT2D eigenvalue weighted by Gasteiger charge is -2.05. The average molecular weight is 233 g/mol. The molecule has 16 heavy (non-hydrogen) atoms. The van der Waals surface area contributed by atoms with Crippen LogP contribution < -0.4 is 5.32 Å². The number of hydrogen-bond donors (Lipinski definition) is 2. The smallest absolute Gasteiger partial charge is 0.303 e. The highest BCUT2D eigenvalue weighted by atomic mass is 16.5. The summed E-state index contributed by atoms with van der Waals surface area (Å²) < 4.78 is 10.0. The summed E-state index contributed by atoms with van der Waals surface area (Å²) in [4.78, 5) is 21.2. The minimum Gasteiger partial charge on any atom is -0.481 e. The first-order valence-corrected chi connectivity index (χ1v) is 5.22. The molecule has 6 heteroatoms. The maximum Gasteiger partial charge on any atom is 0.303 e. The van der Waals surface area contributed by atoms with Gasteiger partial charge in [0, 0.05) is 33.3 Å². The second kappa shape index (κ2) is 10.4. The van der Waals surface area contributed by atoms with Gasteiger partial charge < -0.3 is 19.9 Å². The van der Waals surface area contributed by atoms with E-state index in [9.17, 15) is 9.59 Å². The van der Waals surface area contributed by atoms with Gasteiger partial charge in [-0.25, -0.2) is 0 Å². The van der Waals surface area contributed by atoms with Gasteiger partial charge in [-0.2, -0.15) is 0 Å². The van der Waals surface area contributed by atoms with E-state index in [2.05, 4.69) is 5.32 Å². The van der Waals surface area contributed by atoms with Gasteiger partial charge in [-0.1, -0.05) is 0 Å². The standard InChI is InChI=1S/C10H19NO5/c1-15-6-2-7-16-8-5-11-9(12)3-4-10(13)14/h2-8H2,1H3,(H,11,12)(H,13,14). The first-order valence-electron chi connectivity index (χ1n) is 5.22. The van der Waals surface area contributed by atoms with E-state index in [1.165, 1.54) is 0 Å². The van der Waals surface area contributed by atoms with Crippen molar-refractivity contribution in [2.75, 3.05) is 33.5 Å². The van der Waals surface area contributed by atoms with E-state index in [-0.39, 0.29) is 18.7 Å². The fraction of sp³-hybridized carbons (Fsp3) is 0.800. The predicted molar refractivity (Wildman–Crippen MR) is 57.2 cm³/mol. The van der Waals surface area contributed by atoms with Gasteiger partial charge in [-0.3, -0.25) is 9.59 Å². The largest absolute Gasteiger partial charge is 0.481 e. The number of carboxylic acid groups (broad SMARTS) is 1. The molecule has 0 bridgehead atoms. The minimum atomic E-state index is -0.967. The van der Waals surface area contributed by atoms with Crippen LogP contribution in [0.1, 0.15) is 19.3 Å². The molecule has 0 spiro atoms. The highest BCUT2D eigenvalue weighted by molar-refractivity contribution is 5.80. The molecule has 0 aliphatic rings. The number of aliphatic carboxylic acids is 1. The Morgan fingerprint density at radius 1 is 1.19 bits per heavy atom. The van der Waals surface area contributed by atoms with Crippen molar-refractivity contribution in [2.24, 2.45) is 0 Å². The molecule has 0 heterocycles. The van der Waals surface area contributed by atoms with Crippen molar-refractivity contribution in [3.8, 4) is 0 Å². The summed E-state index contributed by atoms with van der Waals surface area (Å²) in [7, 11) is 1.63. The van der Waals surface area contributed by atoms with Crippen molar-refractivity contribution in [3.05, 3.63) is 0 Å². The number of nitrogens with one attached hydrogen (secondary N) is 1. The van der Waals surface area contributed by atoms with Crippen molar-refractivity contribution >= 4 is 11.9 Å². The summed E-state index contributed by atoms with van der Waals surface area (Å²) in [6, 6.07) is 0. The molecule has 6 nitrogen and oxygen atoms in total. The highest BCUT2D eigenvalue weighted by Gasteiger charge is 2.03. The molecule has 94 valence electrons. The summed E-state index contributed by atoms with van der Waals surface area (Å²) in [5.41, 5.74) is 0. The zero-order chi connectivity index (χ0) is 12.2. The summed E-state index contributed by atoms with van der Waals surface area (Å²) in [5.74, 6) is -1.23. The Labute approximate surface area is 94.9 Å². The minimum absolute atomic E-state index is 0.0129. The lowest BCUT2D eigenvalue weighted by Crippen LogP contribution is -2.27. The van der Waals surface area contributed by atoms with Crippen molar-refractivity contribution in [1.82, 2.24) is 5.32 Å². The van der Waals surface area contributed by atoms with Crippen LogP contribution in [-0.2, 0) is 19.1 Å². The maximum absolute atomic E-state index is 11.0. The molecule has 0 aliphatic carbocycles. The van der Waals surface area contributed by atoms with Crippen LogP contribution in [0.5, 0.6) is 0 Å². The third-order valence-corrected chi connectivity index (χ3v) is 1.77. The monoisotopic (exact) mass is 233 g/mol. The molecule has 0 fully saturated rings. The Bertz CT molecular complexity index is 207. The quantitative estimate of drug-likeness (QED) is 0.520. The number of hydrogen-bond acceptors (Lipinski definition) is 4. The summed E-state index contributed by atoms with van der Waals surface area (Å²) in [6.07, 6.45) is 0.697. The first kappa shape index (κ1) is 14.9. The van der Waals surface area contributed by atoms with E-state index in [0.717, 1.165) is 6.42 Å². The van der Waals surface area contributed by atoms with Crippen molar-refractivity contribution in [3.63, 3.8) is 0 Å². The molecular weight excluding hydrogens is 214 g/mol. The Balaban J connectivity index is 3.18. The fourth-order valence-corrected chi connectivity index (χ4v) is 0.979. The molecule has 0 aromatic carbocycles. The molecule has 0 rings (SSSR count). The topological polar surface area (TPSA) is 84.9 Å². The van der Waals surface area contributed by atoms with E-state index in [0.29, 0.717) is 26.4 Å². The van der Waals surface area contributed by atoms with Crippen molar-refractivity contribution in [1.29, 1.82) is 0 Å². The van der Waals surface area contributed by atoms with Gasteiger partial charge in [0.2, 0.25) is 5.91 Å². The molecule has 2 N–H and O–H groups in total. The van der Waals surface area contributed by atoms with E-state index in [1.54, 1.807) is 7.11 Å². The van der Waals surface area contributed by atoms with Gasteiger partial charge in [0.05, 0.1) is 13.0 Å². The average Bonchev–Trinajstić information content (AvgIpc) is 2.25. The number of carbonyl (C=O) groups is 2. The maximum atomic E-state index is 11.0. The van der Waals surface area contributed by atoms with Crippen LogP contribution in [0.15, 0.2) is 0 Å². The summed E-state index contributed by atoms with van der Waals surface area (Å²) in [6.45, 7) is 2.10. The van der Waals surface area contributed by atoms with Crippen LogP contribution >= 0.6 is 0 Å². The lowest BCUT2D eigenvalue weighted by atomic mass is 10.3. The molecule has 0 radical (unpaired) electrons. The molecule has 0 atom stereocenters. The second-order valence-electron chi connectivity index (χ2n) is 3.20. The normalized spacial score (nSPS) is 10.1. The van der Waals surface area contributed by atoms with E-state index >= 15 is 0 Å². The Morgan fingerprint density at radius 3 is 2.56 bits per heavy atom. The van der Waals surface area contributed by atoms with Gasteiger partial charge in [-0.15, -0.1) is 0 Å².